The monoisotopic (exact) mass is 442 g/mol. The van der Waals surface area contributed by atoms with Crippen molar-refractivity contribution in [3.8, 4) is 0 Å². The van der Waals surface area contributed by atoms with Crippen LogP contribution in [0.1, 0.15) is 41.4 Å². The molecule has 1 fully saturated rings. The number of hydrogen-bond acceptors (Lipinski definition) is 4. The molecule has 166 valence electrons. The van der Waals surface area contributed by atoms with Gasteiger partial charge in [-0.05, 0) is 55.7 Å². The Bertz CT molecular complexity index is 875. The maximum absolute atomic E-state index is 12.8. The van der Waals surface area contributed by atoms with Crippen LogP contribution in [0.15, 0.2) is 41.8 Å². The topological polar surface area (TPSA) is 90.5 Å². The van der Waals surface area contributed by atoms with Gasteiger partial charge in [0.1, 0.15) is 6.04 Å². The fourth-order valence-electron chi connectivity index (χ4n) is 3.65. The summed E-state index contributed by atoms with van der Waals surface area (Å²) in [4.78, 5) is 40.3. The van der Waals surface area contributed by atoms with Gasteiger partial charge in [-0.15, -0.1) is 11.3 Å². The maximum atomic E-state index is 12.8. The SMILES string of the molecule is CCCNC(=O)[C@@H](NC(=O)c1cccs1)C1CCN(C(=O)Nc2ccc(C)cc2)CC1. The van der Waals surface area contributed by atoms with Crippen LogP contribution in [0.2, 0.25) is 0 Å². The van der Waals surface area contributed by atoms with E-state index in [0.29, 0.717) is 37.4 Å². The second kappa shape index (κ2) is 10.9. The summed E-state index contributed by atoms with van der Waals surface area (Å²) >= 11 is 1.35. The minimum absolute atomic E-state index is 0.0239. The molecule has 8 heteroatoms. The van der Waals surface area contributed by atoms with Crippen LogP contribution in [-0.4, -0.2) is 48.4 Å². The van der Waals surface area contributed by atoms with Gasteiger partial charge in [-0.2, -0.15) is 0 Å². The largest absolute Gasteiger partial charge is 0.354 e. The van der Waals surface area contributed by atoms with Crippen molar-refractivity contribution in [3.63, 3.8) is 0 Å². The number of nitrogens with zero attached hydrogens (tertiary/aromatic N) is 1. The van der Waals surface area contributed by atoms with Gasteiger partial charge in [-0.3, -0.25) is 9.59 Å². The standard InChI is InChI=1S/C23H30N4O3S/c1-3-12-24-22(29)20(26-21(28)19-5-4-15-31-19)17-10-13-27(14-11-17)23(30)25-18-8-6-16(2)7-9-18/h4-9,15,17,20H,3,10-14H2,1-2H3,(H,24,29)(H,25,30)(H,26,28)/t20-/m0/s1. The smallest absolute Gasteiger partial charge is 0.321 e. The summed E-state index contributed by atoms with van der Waals surface area (Å²) in [6.07, 6.45) is 2.13. The van der Waals surface area contributed by atoms with Crippen molar-refractivity contribution in [2.75, 3.05) is 25.0 Å². The average molecular weight is 443 g/mol. The first-order valence-electron chi connectivity index (χ1n) is 10.7. The molecule has 0 saturated carbocycles. The summed E-state index contributed by atoms with van der Waals surface area (Å²) in [5.74, 6) is -0.412. The molecule has 3 rings (SSSR count). The van der Waals surface area contributed by atoms with Gasteiger partial charge in [-0.25, -0.2) is 4.79 Å². The van der Waals surface area contributed by atoms with E-state index in [2.05, 4.69) is 16.0 Å². The van der Waals surface area contributed by atoms with E-state index >= 15 is 0 Å². The van der Waals surface area contributed by atoms with Crippen molar-refractivity contribution in [1.82, 2.24) is 15.5 Å². The van der Waals surface area contributed by atoms with Crippen LogP contribution in [0.5, 0.6) is 0 Å². The van der Waals surface area contributed by atoms with E-state index < -0.39 is 6.04 Å². The minimum Gasteiger partial charge on any atom is -0.354 e. The van der Waals surface area contributed by atoms with Crippen molar-refractivity contribution in [2.24, 2.45) is 5.92 Å². The highest BCUT2D eigenvalue weighted by atomic mass is 32.1. The number of aryl methyl sites for hydroxylation is 1. The first-order valence-corrected chi connectivity index (χ1v) is 11.6. The van der Waals surface area contributed by atoms with Crippen molar-refractivity contribution in [1.29, 1.82) is 0 Å². The molecule has 1 aromatic heterocycles. The average Bonchev–Trinajstić information content (AvgIpc) is 3.32. The van der Waals surface area contributed by atoms with Crippen LogP contribution >= 0.6 is 11.3 Å². The maximum Gasteiger partial charge on any atom is 0.321 e. The fraction of sp³-hybridized carbons (Fsp3) is 0.435. The summed E-state index contributed by atoms with van der Waals surface area (Å²) in [6, 6.07) is 10.5. The molecule has 0 unspecified atom stereocenters. The summed E-state index contributed by atoms with van der Waals surface area (Å²) in [5.41, 5.74) is 1.90. The first-order chi connectivity index (χ1) is 15.0. The Hall–Kier alpha value is -2.87. The second-order valence-electron chi connectivity index (χ2n) is 7.84. The van der Waals surface area contributed by atoms with E-state index in [1.165, 1.54) is 11.3 Å². The fourth-order valence-corrected chi connectivity index (χ4v) is 4.28. The Morgan fingerprint density at radius 1 is 1.13 bits per heavy atom. The number of benzene rings is 1. The molecule has 1 atom stereocenters. The summed E-state index contributed by atoms with van der Waals surface area (Å²) < 4.78 is 0. The van der Waals surface area contributed by atoms with Crippen molar-refractivity contribution in [3.05, 3.63) is 52.2 Å². The number of thiophene rings is 1. The number of anilines is 1. The number of nitrogens with one attached hydrogen (secondary N) is 3. The second-order valence-corrected chi connectivity index (χ2v) is 8.79. The molecule has 0 aliphatic carbocycles. The lowest BCUT2D eigenvalue weighted by molar-refractivity contribution is -0.124. The van der Waals surface area contributed by atoms with Gasteiger partial charge in [-0.1, -0.05) is 30.7 Å². The van der Waals surface area contributed by atoms with E-state index in [9.17, 15) is 14.4 Å². The van der Waals surface area contributed by atoms with E-state index in [0.717, 1.165) is 17.7 Å². The minimum atomic E-state index is -0.608. The number of amides is 4. The summed E-state index contributed by atoms with van der Waals surface area (Å²) in [6.45, 7) is 5.64. The van der Waals surface area contributed by atoms with Crippen LogP contribution in [-0.2, 0) is 4.79 Å². The Morgan fingerprint density at radius 3 is 2.45 bits per heavy atom. The van der Waals surface area contributed by atoms with Crippen molar-refractivity contribution in [2.45, 2.75) is 39.2 Å². The van der Waals surface area contributed by atoms with Crippen molar-refractivity contribution >= 4 is 34.9 Å². The zero-order valence-corrected chi connectivity index (χ0v) is 18.8. The molecule has 1 aromatic carbocycles. The van der Waals surface area contributed by atoms with Gasteiger partial charge in [0, 0.05) is 25.3 Å². The highest BCUT2D eigenvalue weighted by Gasteiger charge is 2.34. The van der Waals surface area contributed by atoms with Crippen molar-refractivity contribution < 1.29 is 14.4 Å². The molecule has 0 radical (unpaired) electrons. The number of urea groups is 1. The van der Waals surface area contributed by atoms with E-state index in [-0.39, 0.29) is 23.8 Å². The number of carbonyl (C=O) groups is 3. The predicted octanol–water partition coefficient (Wildman–Crippen LogP) is 3.63. The number of carbonyl (C=O) groups excluding carboxylic acids is 3. The zero-order valence-electron chi connectivity index (χ0n) is 18.0. The number of likely N-dealkylation sites (tertiary alicyclic amines) is 1. The molecule has 7 nitrogen and oxygen atoms in total. The van der Waals surface area contributed by atoms with Gasteiger partial charge in [0.15, 0.2) is 0 Å². The predicted molar refractivity (Wildman–Crippen MR) is 123 cm³/mol. The normalized spacial score (nSPS) is 15.2. The summed E-state index contributed by atoms with van der Waals surface area (Å²) in [5, 5.41) is 10.6. The lowest BCUT2D eigenvalue weighted by Crippen LogP contribution is -2.54. The molecule has 1 aliphatic rings. The lowest BCUT2D eigenvalue weighted by atomic mass is 9.88. The molecule has 1 aliphatic heterocycles. The van der Waals surface area contributed by atoms with E-state index in [1.54, 1.807) is 11.0 Å². The molecule has 0 spiro atoms. The molecule has 1 saturated heterocycles. The van der Waals surface area contributed by atoms with Gasteiger partial charge < -0.3 is 20.9 Å². The third-order valence-corrected chi connectivity index (χ3v) is 6.33. The Kier molecular flexibility index (Phi) is 8.06. The zero-order chi connectivity index (χ0) is 22.2. The third-order valence-electron chi connectivity index (χ3n) is 5.46. The molecule has 2 heterocycles. The molecular formula is C23H30N4O3S. The Labute approximate surface area is 187 Å². The van der Waals surface area contributed by atoms with E-state index in [4.69, 9.17) is 0 Å². The number of hydrogen-bond donors (Lipinski definition) is 3. The van der Waals surface area contributed by atoms with Crippen LogP contribution in [0, 0.1) is 12.8 Å². The number of piperidine rings is 1. The molecule has 4 amide bonds. The molecular weight excluding hydrogens is 412 g/mol. The third kappa shape index (κ3) is 6.30. The molecule has 0 bridgehead atoms. The van der Waals surface area contributed by atoms with Crippen LogP contribution < -0.4 is 16.0 Å². The van der Waals surface area contributed by atoms with Crippen LogP contribution in [0.4, 0.5) is 10.5 Å². The molecule has 31 heavy (non-hydrogen) atoms. The lowest BCUT2D eigenvalue weighted by Gasteiger charge is -2.35. The first kappa shape index (κ1) is 22.8. The number of rotatable bonds is 7. The van der Waals surface area contributed by atoms with E-state index in [1.807, 2.05) is 49.6 Å². The highest BCUT2D eigenvalue weighted by molar-refractivity contribution is 7.12. The van der Waals surface area contributed by atoms with Gasteiger partial charge >= 0.3 is 6.03 Å². The van der Waals surface area contributed by atoms with Crippen LogP contribution in [0.25, 0.3) is 0 Å². The highest BCUT2D eigenvalue weighted by Crippen LogP contribution is 2.23. The summed E-state index contributed by atoms with van der Waals surface area (Å²) in [7, 11) is 0. The van der Waals surface area contributed by atoms with Gasteiger partial charge in [0.2, 0.25) is 5.91 Å². The van der Waals surface area contributed by atoms with Crippen LogP contribution in [0.3, 0.4) is 0 Å². The van der Waals surface area contributed by atoms with Gasteiger partial charge in [0.25, 0.3) is 5.91 Å². The van der Waals surface area contributed by atoms with Gasteiger partial charge in [0.05, 0.1) is 4.88 Å². The molecule has 3 N–H and O–H groups in total. The quantitative estimate of drug-likeness (QED) is 0.612. The Morgan fingerprint density at radius 2 is 1.84 bits per heavy atom. The molecule has 2 aromatic rings. The Balaban J connectivity index is 1.59.